The molecule has 1 atom stereocenters. The number of thiophene rings is 1. The molecule has 142 valence electrons. The van der Waals surface area contributed by atoms with Crippen molar-refractivity contribution in [3.63, 3.8) is 0 Å². The van der Waals surface area contributed by atoms with E-state index >= 15 is 0 Å². The van der Waals surface area contributed by atoms with Crippen LogP contribution in [0.25, 0.3) is 5.57 Å². The van der Waals surface area contributed by atoms with Crippen LogP contribution in [0.3, 0.4) is 0 Å². The number of carbonyl (C=O) groups is 1. The summed E-state index contributed by atoms with van der Waals surface area (Å²) in [5.41, 5.74) is -1.28. The third kappa shape index (κ3) is 3.47. The second kappa shape index (κ2) is 6.75. The number of hydrogen-bond acceptors (Lipinski definition) is 5. The number of allylic oxidation sites excluding steroid dienone is 1. The topological polar surface area (TPSA) is 59.0 Å². The molecule has 2 aliphatic heterocycles. The van der Waals surface area contributed by atoms with Gasteiger partial charge in [-0.15, -0.1) is 11.3 Å². The molecule has 0 spiro atoms. The van der Waals surface area contributed by atoms with Crippen molar-refractivity contribution in [3.8, 4) is 0 Å². The minimum Gasteiger partial charge on any atom is -0.398 e. The van der Waals surface area contributed by atoms with Gasteiger partial charge in [0.15, 0.2) is 0 Å². The molecule has 8 heteroatoms. The number of aliphatic hydroxyl groups is 1. The number of halogens is 1. The van der Waals surface area contributed by atoms with Crippen LogP contribution in [0.5, 0.6) is 0 Å². The van der Waals surface area contributed by atoms with Gasteiger partial charge in [-0.25, -0.2) is 4.39 Å². The Hall–Kier alpha value is -1.22. The normalized spacial score (nSPS) is 25.6. The van der Waals surface area contributed by atoms with Crippen molar-refractivity contribution >= 4 is 29.9 Å². The molecule has 0 aromatic carbocycles. The van der Waals surface area contributed by atoms with Crippen LogP contribution in [0.4, 0.5) is 4.39 Å². The molecule has 5 nitrogen and oxygen atoms in total. The maximum atomic E-state index is 14.9. The fraction of sp³-hybridized carbons (Fsp3) is 0.611. The quantitative estimate of drug-likeness (QED) is 0.817. The Morgan fingerprint density at radius 2 is 1.85 bits per heavy atom. The van der Waals surface area contributed by atoms with E-state index in [1.54, 1.807) is 24.0 Å². The summed E-state index contributed by atoms with van der Waals surface area (Å²) in [5, 5.41) is 9.59. The second-order valence-electron chi connectivity index (χ2n) is 7.92. The van der Waals surface area contributed by atoms with Crippen LogP contribution in [0.2, 0.25) is 0 Å². The van der Waals surface area contributed by atoms with Crippen LogP contribution in [0.15, 0.2) is 17.9 Å². The molecule has 3 rings (SSSR count). The van der Waals surface area contributed by atoms with E-state index in [1.165, 1.54) is 11.3 Å². The maximum Gasteiger partial charge on any atom is 0.525 e. The smallest absolute Gasteiger partial charge is 0.398 e. The number of carbonyl (C=O) groups excluding carboxylic acids is 1. The monoisotopic (exact) mass is 381 g/mol. The number of aliphatic hydroxyl groups excluding tert-OH is 1. The van der Waals surface area contributed by atoms with Crippen molar-refractivity contribution in [2.45, 2.75) is 58.3 Å². The number of rotatable bonds is 3. The molecule has 0 saturated carbocycles. The number of hydrogen-bond donors (Lipinski definition) is 1. The molecular formula is C18H25BFNO4S. The highest BCUT2D eigenvalue weighted by Crippen LogP contribution is 2.40. The first-order valence-corrected chi connectivity index (χ1v) is 9.63. The standard InChI is InChI=1S/C18H25BFNO4S/c1-11(15(20)19-24-17(2,3)18(4,5)25-19)13-6-7-14(26-13)16(23)21-9-8-12(22)10-21/h6-7,12,22H,8-10H2,1-5H3. The van der Waals surface area contributed by atoms with E-state index in [-0.39, 0.29) is 5.91 Å². The third-order valence-corrected chi connectivity index (χ3v) is 6.65. The van der Waals surface area contributed by atoms with E-state index in [4.69, 9.17) is 9.31 Å². The lowest BCUT2D eigenvalue weighted by Crippen LogP contribution is -2.41. The summed E-state index contributed by atoms with van der Waals surface area (Å²) in [6.45, 7) is 10.1. The molecule has 2 aliphatic rings. The van der Waals surface area contributed by atoms with Gasteiger partial charge in [-0.3, -0.25) is 4.79 Å². The first kappa shape index (κ1) is 19.5. The molecule has 0 bridgehead atoms. The lowest BCUT2D eigenvalue weighted by molar-refractivity contribution is 0.00578. The van der Waals surface area contributed by atoms with Crippen molar-refractivity contribution in [2.24, 2.45) is 0 Å². The van der Waals surface area contributed by atoms with Crippen LogP contribution in [-0.4, -0.2) is 53.4 Å². The predicted molar refractivity (Wildman–Crippen MR) is 101 cm³/mol. The van der Waals surface area contributed by atoms with Crippen LogP contribution < -0.4 is 0 Å². The predicted octanol–water partition coefficient (Wildman–Crippen LogP) is 3.29. The highest BCUT2D eigenvalue weighted by Gasteiger charge is 2.53. The molecule has 2 saturated heterocycles. The van der Waals surface area contributed by atoms with Gasteiger partial charge in [-0.1, -0.05) is 0 Å². The molecule has 3 heterocycles. The fourth-order valence-corrected chi connectivity index (χ4v) is 3.95. The van der Waals surface area contributed by atoms with Crippen molar-refractivity contribution in [3.05, 3.63) is 27.6 Å². The lowest BCUT2D eigenvalue weighted by Gasteiger charge is -2.32. The summed E-state index contributed by atoms with van der Waals surface area (Å²) in [5.74, 6) is -0.123. The number of nitrogens with zero attached hydrogens (tertiary/aromatic N) is 1. The average molecular weight is 381 g/mol. The van der Waals surface area contributed by atoms with Crippen LogP contribution in [0.1, 0.15) is 55.6 Å². The Balaban J connectivity index is 1.78. The molecule has 1 aromatic heterocycles. The largest absolute Gasteiger partial charge is 0.525 e. The van der Waals surface area contributed by atoms with Crippen molar-refractivity contribution in [2.75, 3.05) is 13.1 Å². The summed E-state index contributed by atoms with van der Waals surface area (Å²) in [7, 11) is -1.05. The first-order valence-electron chi connectivity index (χ1n) is 8.81. The average Bonchev–Trinajstić information content (AvgIpc) is 3.24. The van der Waals surface area contributed by atoms with Gasteiger partial charge in [0.2, 0.25) is 0 Å². The van der Waals surface area contributed by atoms with E-state index in [0.717, 1.165) is 0 Å². The molecule has 2 fully saturated rings. The fourth-order valence-electron chi connectivity index (χ4n) is 2.98. The van der Waals surface area contributed by atoms with E-state index in [0.29, 0.717) is 34.8 Å². The van der Waals surface area contributed by atoms with Gasteiger partial charge >= 0.3 is 7.12 Å². The SMILES string of the molecule is CC(=C(F)B1OC(C)(C)C(C)(C)O1)c1ccc(C(=O)N2CCC(O)C2)s1. The lowest BCUT2D eigenvalue weighted by atomic mass is 9.84. The van der Waals surface area contributed by atoms with Gasteiger partial charge in [0.1, 0.15) is 5.73 Å². The zero-order chi connectivity index (χ0) is 19.3. The molecule has 26 heavy (non-hydrogen) atoms. The molecule has 0 aliphatic carbocycles. The van der Waals surface area contributed by atoms with Crippen LogP contribution >= 0.6 is 11.3 Å². The Morgan fingerprint density at radius 1 is 1.27 bits per heavy atom. The zero-order valence-corrected chi connectivity index (χ0v) is 16.7. The summed E-state index contributed by atoms with van der Waals surface area (Å²) >= 11 is 1.24. The zero-order valence-electron chi connectivity index (χ0n) is 15.8. The van der Waals surface area contributed by atoms with Gasteiger partial charge in [0, 0.05) is 18.0 Å². The molecular weight excluding hydrogens is 356 g/mol. The molecule has 1 aromatic rings. The summed E-state index contributed by atoms with van der Waals surface area (Å²) in [6.07, 6.45) is 0.139. The molecule has 0 radical (unpaired) electrons. The van der Waals surface area contributed by atoms with Crippen LogP contribution in [0, 0.1) is 0 Å². The summed E-state index contributed by atoms with van der Waals surface area (Å²) in [4.78, 5) is 15.3. The third-order valence-electron chi connectivity index (χ3n) is 5.46. The van der Waals surface area contributed by atoms with Crippen molar-refractivity contribution in [1.29, 1.82) is 0 Å². The Morgan fingerprint density at radius 3 is 2.38 bits per heavy atom. The molecule has 1 amide bonds. The van der Waals surface area contributed by atoms with Gasteiger partial charge in [-0.2, -0.15) is 0 Å². The van der Waals surface area contributed by atoms with Crippen LogP contribution in [-0.2, 0) is 9.31 Å². The van der Waals surface area contributed by atoms with Gasteiger partial charge in [0.05, 0.1) is 22.2 Å². The first-order chi connectivity index (χ1) is 12.0. The Kier molecular flexibility index (Phi) is 5.07. The molecule has 1 unspecified atom stereocenters. The number of β-amino-alcohol motifs (C(OH)–C–C–N with tert-alkyl or cyclic N) is 1. The van der Waals surface area contributed by atoms with E-state index in [2.05, 4.69) is 0 Å². The van der Waals surface area contributed by atoms with Gasteiger partial charge in [0.25, 0.3) is 5.91 Å². The Labute approximate surface area is 157 Å². The summed E-state index contributed by atoms with van der Waals surface area (Å²) in [6, 6.07) is 3.44. The van der Waals surface area contributed by atoms with E-state index < -0.39 is 30.2 Å². The van der Waals surface area contributed by atoms with E-state index in [1.807, 2.05) is 27.7 Å². The number of amides is 1. The Bertz CT molecular complexity index is 729. The highest BCUT2D eigenvalue weighted by molar-refractivity contribution is 7.15. The van der Waals surface area contributed by atoms with Gasteiger partial charge < -0.3 is 19.3 Å². The van der Waals surface area contributed by atoms with Crippen molar-refractivity contribution < 1.29 is 23.6 Å². The van der Waals surface area contributed by atoms with E-state index in [9.17, 15) is 14.3 Å². The minimum atomic E-state index is -1.05. The van der Waals surface area contributed by atoms with Crippen molar-refractivity contribution in [1.82, 2.24) is 4.90 Å². The molecule has 1 N–H and O–H groups in total. The summed E-state index contributed by atoms with van der Waals surface area (Å²) < 4.78 is 26.5. The number of likely N-dealkylation sites (tertiary alicyclic amines) is 1. The van der Waals surface area contributed by atoms with Gasteiger partial charge in [-0.05, 0) is 58.7 Å². The second-order valence-corrected chi connectivity index (χ2v) is 9.00. The highest BCUT2D eigenvalue weighted by atomic mass is 32.1. The minimum absolute atomic E-state index is 0.123. The maximum absolute atomic E-state index is 14.9.